The van der Waals surface area contributed by atoms with Gasteiger partial charge in [-0.15, -0.1) is 11.3 Å². The minimum absolute atomic E-state index is 0.209. The van der Waals surface area contributed by atoms with Gasteiger partial charge in [0.25, 0.3) is 0 Å². The minimum Gasteiger partial charge on any atom is -0.243 e. The summed E-state index contributed by atoms with van der Waals surface area (Å²) < 4.78 is 1.25. The van der Waals surface area contributed by atoms with E-state index < -0.39 is 0 Å². The van der Waals surface area contributed by atoms with Gasteiger partial charge in [-0.25, -0.2) is 4.98 Å². The second-order valence-electron chi connectivity index (χ2n) is 7.13. The quantitative estimate of drug-likeness (QED) is 0.750. The Balaban J connectivity index is 2.31. The van der Waals surface area contributed by atoms with Gasteiger partial charge in [0.15, 0.2) is 0 Å². The lowest BCUT2D eigenvalue weighted by atomic mass is 9.90. The van der Waals surface area contributed by atoms with Crippen LogP contribution >= 0.6 is 11.3 Å². The first-order valence-electron chi connectivity index (χ1n) is 8.02. The molecule has 0 fully saturated rings. The Morgan fingerprint density at radius 1 is 1.14 bits per heavy atom. The van der Waals surface area contributed by atoms with Gasteiger partial charge in [-0.3, -0.25) is 0 Å². The predicted octanol–water partition coefficient (Wildman–Crippen LogP) is 5.04. The minimum atomic E-state index is 0.209. The zero-order valence-electron chi connectivity index (χ0n) is 13.9. The number of rotatable bonds is 6. The van der Waals surface area contributed by atoms with Crippen LogP contribution in [-0.4, -0.2) is 15.2 Å². The second kappa shape index (κ2) is 6.82. The third-order valence-electron chi connectivity index (χ3n) is 3.85. The molecule has 0 aromatic carbocycles. The van der Waals surface area contributed by atoms with E-state index in [1.807, 2.05) is 5.51 Å². The molecule has 1 atom stereocenters. The van der Waals surface area contributed by atoms with E-state index in [1.165, 1.54) is 24.0 Å². The van der Waals surface area contributed by atoms with Crippen LogP contribution in [0.1, 0.15) is 65.3 Å². The van der Waals surface area contributed by atoms with Crippen LogP contribution in [0.15, 0.2) is 5.51 Å². The maximum Gasteiger partial charge on any atom is 0.106 e. The van der Waals surface area contributed by atoms with Gasteiger partial charge in [0.2, 0.25) is 0 Å². The van der Waals surface area contributed by atoms with Gasteiger partial charge in [0.1, 0.15) is 5.52 Å². The highest BCUT2D eigenvalue weighted by atomic mass is 32.1. The SMILES string of the molecule is CCCC(CC)Cc1nnc(CC(C)(C)C)c2ncsc12. The summed E-state index contributed by atoms with van der Waals surface area (Å²) in [7, 11) is 0. The van der Waals surface area contributed by atoms with Crippen molar-refractivity contribution in [3.05, 3.63) is 16.9 Å². The highest BCUT2D eigenvalue weighted by Gasteiger charge is 2.19. The molecule has 21 heavy (non-hydrogen) atoms. The summed E-state index contributed by atoms with van der Waals surface area (Å²) in [6.07, 6.45) is 5.67. The molecule has 0 amide bonds. The van der Waals surface area contributed by atoms with Gasteiger partial charge >= 0.3 is 0 Å². The molecule has 2 rings (SSSR count). The van der Waals surface area contributed by atoms with Crippen LogP contribution in [0.3, 0.4) is 0 Å². The van der Waals surface area contributed by atoms with E-state index in [2.05, 4.69) is 49.8 Å². The number of hydrogen-bond donors (Lipinski definition) is 0. The number of hydrogen-bond acceptors (Lipinski definition) is 4. The Labute approximate surface area is 132 Å². The molecule has 2 aromatic rings. The van der Waals surface area contributed by atoms with Crippen molar-refractivity contribution in [3.8, 4) is 0 Å². The average molecular weight is 305 g/mol. The van der Waals surface area contributed by atoms with E-state index in [9.17, 15) is 0 Å². The topological polar surface area (TPSA) is 38.7 Å². The zero-order valence-corrected chi connectivity index (χ0v) is 14.8. The van der Waals surface area contributed by atoms with E-state index in [1.54, 1.807) is 11.3 Å². The average Bonchev–Trinajstić information content (AvgIpc) is 2.89. The maximum atomic E-state index is 4.56. The maximum absolute atomic E-state index is 4.56. The number of thiazole rings is 1. The summed E-state index contributed by atoms with van der Waals surface area (Å²) in [5.41, 5.74) is 5.41. The summed E-state index contributed by atoms with van der Waals surface area (Å²) in [5, 5.41) is 9.06. The fourth-order valence-electron chi connectivity index (χ4n) is 2.76. The molecule has 0 aliphatic heterocycles. The van der Waals surface area contributed by atoms with E-state index >= 15 is 0 Å². The van der Waals surface area contributed by atoms with Crippen molar-refractivity contribution >= 4 is 21.6 Å². The van der Waals surface area contributed by atoms with Gasteiger partial charge < -0.3 is 0 Å². The molecule has 0 saturated carbocycles. The normalized spacial score (nSPS) is 13.8. The van der Waals surface area contributed by atoms with E-state index in [-0.39, 0.29) is 5.41 Å². The lowest BCUT2D eigenvalue weighted by molar-refractivity contribution is 0.405. The first-order chi connectivity index (χ1) is 9.94. The molecule has 0 aliphatic rings. The third kappa shape index (κ3) is 4.22. The van der Waals surface area contributed by atoms with Crippen LogP contribution in [0, 0.1) is 11.3 Å². The monoisotopic (exact) mass is 305 g/mol. The lowest BCUT2D eigenvalue weighted by Gasteiger charge is -2.18. The second-order valence-corrected chi connectivity index (χ2v) is 7.98. The molecule has 4 heteroatoms. The fourth-order valence-corrected chi connectivity index (χ4v) is 3.56. The van der Waals surface area contributed by atoms with Crippen molar-refractivity contribution in [2.24, 2.45) is 11.3 Å². The van der Waals surface area contributed by atoms with Gasteiger partial charge in [0, 0.05) is 0 Å². The lowest BCUT2D eigenvalue weighted by Crippen LogP contribution is -2.13. The van der Waals surface area contributed by atoms with Crippen molar-refractivity contribution in [2.75, 3.05) is 0 Å². The van der Waals surface area contributed by atoms with E-state index in [0.717, 1.165) is 29.7 Å². The van der Waals surface area contributed by atoms with E-state index in [4.69, 9.17) is 0 Å². The molecule has 2 heterocycles. The van der Waals surface area contributed by atoms with Crippen LogP contribution in [0.2, 0.25) is 0 Å². The zero-order chi connectivity index (χ0) is 15.5. The first-order valence-corrected chi connectivity index (χ1v) is 8.90. The van der Waals surface area contributed by atoms with Crippen LogP contribution in [0.25, 0.3) is 10.2 Å². The Morgan fingerprint density at radius 3 is 2.48 bits per heavy atom. The molecular formula is C17H27N3S. The molecule has 0 N–H and O–H groups in total. The van der Waals surface area contributed by atoms with Crippen molar-refractivity contribution in [1.82, 2.24) is 15.2 Å². The van der Waals surface area contributed by atoms with Crippen molar-refractivity contribution in [1.29, 1.82) is 0 Å². The van der Waals surface area contributed by atoms with E-state index in [0.29, 0.717) is 5.92 Å². The first kappa shape index (κ1) is 16.3. The smallest absolute Gasteiger partial charge is 0.106 e. The van der Waals surface area contributed by atoms with Crippen LogP contribution < -0.4 is 0 Å². The van der Waals surface area contributed by atoms with Gasteiger partial charge in [-0.05, 0) is 24.2 Å². The standard InChI is InChI=1S/C17H27N3S/c1-6-8-12(7-2)9-13-16-15(18-11-21-16)14(20-19-13)10-17(3,4)5/h11-12H,6-10H2,1-5H3. The molecule has 0 aliphatic carbocycles. The summed E-state index contributed by atoms with van der Waals surface area (Å²) >= 11 is 1.71. The van der Waals surface area contributed by atoms with Crippen molar-refractivity contribution < 1.29 is 0 Å². The number of nitrogens with zero attached hydrogens (tertiary/aromatic N) is 3. The van der Waals surface area contributed by atoms with Crippen LogP contribution in [0.4, 0.5) is 0 Å². The Kier molecular flexibility index (Phi) is 5.31. The highest BCUT2D eigenvalue weighted by Crippen LogP contribution is 2.29. The molecule has 0 radical (unpaired) electrons. The van der Waals surface area contributed by atoms with Crippen LogP contribution in [-0.2, 0) is 12.8 Å². The number of fused-ring (bicyclic) bond motifs is 1. The molecular weight excluding hydrogens is 278 g/mol. The summed E-state index contributed by atoms with van der Waals surface area (Å²) in [6, 6.07) is 0. The predicted molar refractivity (Wildman–Crippen MR) is 90.8 cm³/mol. The van der Waals surface area contributed by atoms with Gasteiger partial charge in [-0.2, -0.15) is 10.2 Å². The highest BCUT2D eigenvalue weighted by molar-refractivity contribution is 7.16. The Hall–Kier alpha value is -1.03. The molecule has 3 nitrogen and oxygen atoms in total. The summed E-state index contributed by atoms with van der Waals surface area (Å²) in [6.45, 7) is 11.2. The molecule has 0 bridgehead atoms. The molecule has 1 unspecified atom stereocenters. The fraction of sp³-hybridized carbons (Fsp3) is 0.706. The summed E-state index contributed by atoms with van der Waals surface area (Å²) in [5.74, 6) is 0.711. The molecule has 2 aromatic heterocycles. The number of aromatic nitrogens is 3. The molecule has 0 spiro atoms. The van der Waals surface area contributed by atoms with Crippen LogP contribution in [0.5, 0.6) is 0 Å². The summed E-state index contributed by atoms with van der Waals surface area (Å²) in [4.78, 5) is 4.56. The van der Waals surface area contributed by atoms with Crippen molar-refractivity contribution in [3.63, 3.8) is 0 Å². The van der Waals surface area contributed by atoms with Gasteiger partial charge in [-0.1, -0.05) is 53.9 Å². The molecule has 116 valence electrons. The molecule has 0 saturated heterocycles. The third-order valence-corrected chi connectivity index (χ3v) is 4.72. The Morgan fingerprint density at radius 2 is 1.86 bits per heavy atom. The van der Waals surface area contributed by atoms with Gasteiger partial charge in [0.05, 0.1) is 21.6 Å². The van der Waals surface area contributed by atoms with Crippen molar-refractivity contribution in [2.45, 2.75) is 66.7 Å². The largest absolute Gasteiger partial charge is 0.243 e. The Bertz CT molecular complexity index is 583.